The minimum atomic E-state index is 0.676. The number of hydrogen-bond donors (Lipinski definition) is 0. The Morgan fingerprint density at radius 1 is 1.14 bits per heavy atom. The van der Waals surface area contributed by atoms with Crippen molar-refractivity contribution in [3.8, 4) is 0 Å². The second kappa shape index (κ2) is 4.51. The van der Waals surface area contributed by atoms with Crippen LogP contribution in [-0.2, 0) is 6.42 Å². The molecule has 0 aliphatic carbocycles. The van der Waals surface area contributed by atoms with Gasteiger partial charge in [-0.15, -0.1) is 0 Å². The summed E-state index contributed by atoms with van der Waals surface area (Å²) in [6.07, 6.45) is 0.844. The summed E-state index contributed by atoms with van der Waals surface area (Å²) in [5, 5.41) is 1.03. The molecule has 2 rings (SSSR count). The van der Waals surface area contributed by atoms with Crippen LogP contribution in [0.15, 0.2) is 33.5 Å². The quantitative estimate of drug-likeness (QED) is 0.838. The van der Waals surface area contributed by atoms with Gasteiger partial charge in [0.05, 0.1) is 0 Å². The molecule has 1 heterocycles. The molecule has 14 heavy (non-hydrogen) atoms. The summed E-state index contributed by atoms with van der Waals surface area (Å²) in [7, 11) is 0. The van der Waals surface area contributed by atoms with Crippen LogP contribution in [0.3, 0.4) is 0 Å². The van der Waals surface area contributed by atoms with E-state index in [4.69, 9.17) is 0 Å². The van der Waals surface area contributed by atoms with E-state index in [0.29, 0.717) is 4.73 Å². The van der Waals surface area contributed by atoms with E-state index in [1.807, 2.05) is 12.1 Å². The van der Waals surface area contributed by atoms with Gasteiger partial charge in [0, 0.05) is 10.9 Å². The van der Waals surface area contributed by atoms with Crippen LogP contribution in [0.2, 0.25) is 0 Å². The van der Waals surface area contributed by atoms with Gasteiger partial charge in [-0.25, -0.2) is 4.98 Å². The van der Waals surface area contributed by atoms with E-state index in [0.717, 1.165) is 15.9 Å². The van der Waals surface area contributed by atoms with Gasteiger partial charge in [0.1, 0.15) is 5.01 Å². The number of halogens is 2. The Morgan fingerprint density at radius 2 is 1.86 bits per heavy atom. The molecule has 5 heteroatoms. The SMILES string of the molecule is Brc1ccc(Cc2nc(Br)ns2)cc1. The highest BCUT2D eigenvalue weighted by molar-refractivity contribution is 9.10. The third-order valence-corrected chi connectivity index (χ3v) is 3.54. The van der Waals surface area contributed by atoms with Crippen molar-refractivity contribution in [1.29, 1.82) is 0 Å². The van der Waals surface area contributed by atoms with Crippen LogP contribution < -0.4 is 0 Å². The van der Waals surface area contributed by atoms with Crippen molar-refractivity contribution in [2.75, 3.05) is 0 Å². The third kappa shape index (κ3) is 2.62. The van der Waals surface area contributed by atoms with Gasteiger partial charge in [-0.1, -0.05) is 28.1 Å². The lowest BCUT2D eigenvalue weighted by Gasteiger charge is -1.96. The molecule has 1 aromatic carbocycles. The predicted octanol–water partition coefficient (Wildman–Crippen LogP) is 3.65. The molecule has 72 valence electrons. The molecule has 0 spiro atoms. The van der Waals surface area contributed by atoms with Crippen LogP contribution in [0.4, 0.5) is 0 Å². The van der Waals surface area contributed by atoms with Gasteiger partial charge in [0.15, 0.2) is 0 Å². The predicted molar refractivity (Wildman–Crippen MR) is 64.6 cm³/mol. The maximum absolute atomic E-state index is 4.24. The summed E-state index contributed by atoms with van der Waals surface area (Å²) < 4.78 is 5.84. The van der Waals surface area contributed by atoms with Gasteiger partial charge >= 0.3 is 0 Å². The molecule has 0 atom stereocenters. The topological polar surface area (TPSA) is 25.8 Å². The fourth-order valence-electron chi connectivity index (χ4n) is 1.08. The average molecular weight is 334 g/mol. The van der Waals surface area contributed by atoms with E-state index in [-0.39, 0.29) is 0 Å². The van der Waals surface area contributed by atoms with Gasteiger partial charge in [-0.3, -0.25) is 0 Å². The first kappa shape index (κ1) is 10.3. The van der Waals surface area contributed by atoms with E-state index in [2.05, 4.69) is 53.4 Å². The summed E-state index contributed by atoms with van der Waals surface area (Å²) in [4.78, 5) is 4.24. The van der Waals surface area contributed by atoms with E-state index in [1.54, 1.807) is 0 Å². The van der Waals surface area contributed by atoms with Crippen LogP contribution in [0.5, 0.6) is 0 Å². The first-order valence-electron chi connectivity index (χ1n) is 3.96. The molecular formula is C9H6Br2N2S. The average Bonchev–Trinajstić information content (AvgIpc) is 2.56. The van der Waals surface area contributed by atoms with Crippen LogP contribution in [-0.4, -0.2) is 9.36 Å². The summed E-state index contributed by atoms with van der Waals surface area (Å²) in [6, 6.07) is 8.23. The monoisotopic (exact) mass is 332 g/mol. The molecule has 0 unspecified atom stereocenters. The highest BCUT2D eigenvalue weighted by Crippen LogP contribution is 2.16. The van der Waals surface area contributed by atoms with Gasteiger partial charge < -0.3 is 0 Å². The van der Waals surface area contributed by atoms with Gasteiger partial charge in [-0.2, -0.15) is 4.37 Å². The van der Waals surface area contributed by atoms with Crippen LogP contribution >= 0.6 is 43.4 Å². The summed E-state index contributed by atoms with van der Waals surface area (Å²) in [6.45, 7) is 0. The Labute approximate surface area is 103 Å². The Kier molecular flexibility index (Phi) is 3.30. The third-order valence-electron chi connectivity index (χ3n) is 1.71. The molecule has 0 radical (unpaired) electrons. The van der Waals surface area contributed by atoms with Crippen molar-refractivity contribution in [1.82, 2.24) is 9.36 Å². The van der Waals surface area contributed by atoms with E-state index >= 15 is 0 Å². The fraction of sp³-hybridized carbons (Fsp3) is 0.111. The molecule has 0 saturated heterocycles. The largest absolute Gasteiger partial charge is 0.214 e. The van der Waals surface area contributed by atoms with Crippen LogP contribution in [0.1, 0.15) is 10.6 Å². The van der Waals surface area contributed by atoms with Crippen molar-refractivity contribution < 1.29 is 0 Å². The number of aromatic nitrogens is 2. The number of nitrogens with zero attached hydrogens (tertiary/aromatic N) is 2. The van der Waals surface area contributed by atoms with Gasteiger partial charge in [0.2, 0.25) is 4.73 Å². The fourth-order valence-corrected chi connectivity index (χ4v) is 2.48. The molecule has 0 amide bonds. The van der Waals surface area contributed by atoms with Crippen molar-refractivity contribution in [3.63, 3.8) is 0 Å². The van der Waals surface area contributed by atoms with Gasteiger partial charge in [-0.05, 0) is 45.2 Å². The van der Waals surface area contributed by atoms with E-state index in [9.17, 15) is 0 Å². The number of benzene rings is 1. The normalized spacial score (nSPS) is 10.4. The lowest BCUT2D eigenvalue weighted by molar-refractivity contribution is 1.11. The summed E-state index contributed by atoms with van der Waals surface area (Å²) in [5.41, 5.74) is 1.25. The van der Waals surface area contributed by atoms with E-state index in [1.165, 1.54) is 17.1 Å². The molecule has 0 aliphatic heterocycles. The first-order chi connectivity index (χ1) is 6.74. The van der Waals surface area contributed by atoms with E-state index < -0.39 is 0 Å². The Morgan fingerprint density at radius 3 is 2.43 bits per heavy atom. The molecule has 1 aromatic heterocycles. The van der Waals surface area contributed by atoms with Crippen molar-refractivity contribution in [3.05, 3.63) is 44.0 Å². The lowest BCUT2D eigenvalue weighted by Crippen LogP contribution is -1.85. The maximum Gasteiger partial charge on any atom is 0.209 e. The molecule has 0 fully saturated rings. The first-order valence-corrected chi connectivity index (χ1v) is 6.32. The number of rotatable bonds is 2. The van der Waals surface area contributed by atoms with Crippen LogP contribution in [0.25, 0.3) is 0 Å². The maximum atomic E-state index is 4.24. The zero-order valence-electron chi connectivity index (χ0n) is 7.08. The standard InChI is InChI=1S/C9H6Br2N2S/c10-7-3-1-6(2-4-7)5-8-12-9(11)13-14-8/h1-4H,5H2. The smallest absolute Gasteiger partial charge is 0.209 e. The summed E-state index contributed by atoms with van der Waals surface area (Å²) >= 11 is 8.07. The second-order valence-corrected chi connectivity index (χ2v) is 5.22. The molecule has 0 N–H and O–H groups in total. The highest BCUT2D eigenvalue weighted by Gasteiger charge is 2.02. The van der Waals surface area contributed by atoms with Crippen molar-refractivity contribution >= 4 is 43.4 Å². The minimum absolute atomic E-state index is 0.676. The molecule has 2 nitrogen and oxygen atoms in total. The van der Waals surface area contributed by atoms with Crippen molar-refractivity contribution in [2.45, 2.75) is 6.42 Å². The zero-order chi connectivity index (χ0) is 9.97. The molecule has 0 aliphatic rings. The van der Waals surface area contributed by atoms with Crippen LogP contribution in [0, 0.1) is 0 Å². The van der Waals surface area contributed by atoms with Gasteiger partial charge in [0.25, 0.3) is 0 Å². The Bertz CT molecular complexity index is 425. The summed E-state index contributed by atoms with van der Waals surface area (Å²) in [5.74, 6) is 0. The minimum Gasteiger partial charge on any atom is -0.214 e. The highest BCUT2D eigenvalue weighted by atomic mass is 79.9. The Hall–Kier alpha value is -0.260. The molecule has 0 saturated carbocycles. The molecular weight excluding hydrogens is 328 g/mol. The molecule has 0 bridgehead atoms. The molecule has 2 aromatic rings. The van der Waals surface area contributed by atoms with Crippen molar-refractivity contribution in [2.24, 2.45) is 0 Å². The lowest BCUT2D eigenvalue weighted by atomic mass is 10.2. The number of hydrogen-bond acceptors (Lipinski definition) is 3. The Balaban J connectivity index is 2.15. The zero-order valence-corrected chi connectivity index (χ0v) is 11.1. The second-order valence-electron chi connectivity index (χ2n) is 2.76.